The molecule has 0 spiro atoms. The average molecular weight is 351 g/mol. The summed E-state index contributed by atoms with van der Waals surface area (Å²) < 4.78 is 0.929. The van der Waals surface area contributed by atoms with Gasteiger partial charge in [0.05, 0.1) is 0 Å². The minimum Gasteiger partial charge on any atom is -0.480 e. The molecule has 1 aromatic carbocycles. The molecule has 1 heterocycles. The van der Waals surface area contributed by atoms with Crippen LogP contribution in [0.2, 0.25) is 0 Å². The summed E-state index contributed by atoms with van der Waals surface area (Å²) >= 11 is 3.38. The van der Waals surface area contributed by atoms with Gasteiger partial charge in [0.1, 0.15) is 11.7 Å². The number of H-pyrrole nitrogens is 1. The summed E-state index contributed by atoms with van der Waals surface area (Å²) in [5, 5.41) is 12.7. The standard InChI is InChI=1S/C15H15BrN2O3/c16-10-3-4-11-9(6-10)7-12(17-11)14(19)18-13(15(20)21)5-8-1-2-8/h3-4,6-8,13,17H,1-2,5H2,(H,18,19)(H,20,21). The van der Waals surface area contributed by atoms with Crippen LogP contribution in [0.4, 0.5) is 0 Å². The third kappa shape index (κ3) is 3.26. The third-order valence-corrected chi connectivity index (χ3v) is 4.19. The van der Waals surface area contributed by atoms with Crippen molar-refractivity contribution < 1.29 is 14.7 Å². The Morgan fingerprint density at radius 1 is 1.38 bits per heavy atom. The van der Waals surface area contributed by atoms with Crippen molar-refractivity contribution in [3.63, 3.8) is 0 Å². The molecule has 5 nitrogen and oxygen atoms in total. The van der Waals surface area contributed by atoms with Crippen LogP contribution in [0.25, 0.3) is 10.9 Å². The Morgan fingerprint density at radius 2 is 2.14 bits per heavy atom. The van der Waals surface area contributed by atoms with Crippen LogP contribution in [0.1, 0.15) is 29.8 Å². The maximum Gasteiger partial charge on any atom is 0.326 e. The second-order valence-electron chi connectivity index (χ2n) is 5.46. The van der Waals surface area contributed by atoms with Gasteiger partial charge in [-0.25, -0.2) is 4.79 Å². The van der Waals surface area contributed by atoms with Gasteiger partial charge in [-0.05, 0) is 36.6 Å². The number of carbonyl (C=O) groups excluding carboxylic acids is 1. The van der Waals surface area contributed by atoms with E-state index in [2.05, 4.69) is 26.2 Å². The Hall–Kier alpha value is -1.82. The number of halogens is 1. The van der Waals surface area contributed by atoms with Crippen LogP contribution >= 0.6 is 15.9 Å². The number of aliphatic carboxylic acids is 1. The number of hydrogen-bond donors (Lipinski definition) is 3. The SMILES string of the molecule is O=C(NC(CC1CC1)C(=O)O)c1cc2cc(Br)ccc2[nH]1. The van der Waals surface area contributed by atoms with Crippen molar-refractivity contribution in [3.8, 4) is 0 Å². The van der Waals surface area contributed by atoms with E-state index in [1.165, 1.54) is 0 Å². The lowest BCUT2D eigenvalue weighted by molar-refractivity contribution is -0.139. The lowest BCUT2D eigenvalue weighted by Crippen LogP contribution is -2.41. The third-order valence-electron chi connectivity index (χ3n) is 3.70. The smallest absolute Gasteiger partial charge is 0.326 e. The van der Waals surface area contributed by atoms with Crippen LogP contribution in [0.5, 0.6) is 0 Å². The summed E-state index contributed by atoms with van der Waals surface area (Å²) in [6.45, 7) is 0. The number of benzene rings is 1. The highest BCUT2D eigenvalue weighted by molar-refractivity contribution is 9.10. The number of aromatic nitrogens is 1. The molecular formula is C15H15BrN2O3. The Morgan fingerprint density at radius 3 is 2.81 bits per heavy atom. The largest absolute Gasteiger partial charge is 0.480 e. The number of nitrogens with one attached hydrogen (secondary N) is 2. The molecule has 110 valence electrons. The molecule has 3 rings (SSSR count). The van der Waals surface area contributed by atoms with Crippen molar-refractivity contribution in [2.75, 3.05) is 0 Å². The van der Waals surface area contributed by atoms with Crippen LogP contribution in [0, 0.1) is 5.92 Å². The number of carbonyl (C=O) groups is 2. The first-order valence-corrected chi connectivity index (χ1v) is 7.64. The Kier molecular flexibility index (Phi) is 3.71. The van der Waals surface area contributed by atoms with E-state index in [4.69, 9.17) is 0 Å². The van der Waals surface area contributed by atoms with E-state index in [-0.39, 0.29) is 5.91 Å². The maximum absolute atomic E-state index is 12.2. The molecule has 1 unspecified atom stereocenters. The first-order valence-electron chi connectivity index (χ1n) is 6.85. The van der Waals surface area contributed by atoms with Crippen molar-refractivity contribution >= 4 is 38.7 Å². The van der Waals surface area contributed by atoms with Gasteiger partial charge < -0.3 is 15.4 Å². The van der Waals surface area contributed by atoms with E-state index in [1.807, 2.05) is 18.2 Å². The fourth-order valence-electron chi connectivity index (χ4n) is 2.37. The van der Waals surface area contributed by atoms with Gasteiger partial charge in [0.25, 0.3) is 5.91 Å². The van der Waals surface area contributed by atoms with Gasteiger partial charge in [0.2, 0.25) is 0 Å². The van der Waals surface area contributed by atoms with Crippen molar-refractivity contribution in [2.45, 2.75) is 25.3 Å². The number of fused-ring (bicyclic) bond motifs is 1. The molecular weight excluding hydrogens is 336 g/mol. The van der Waals surface area contributed by atoms with Crippen LogP contribution in [0.3, 0.4) is 0 Å². The molecule has 0 bridgehead atoms. The molecule has 0 aliphatic heterocycles. The molecule has 1 aliphatic rings. The molecule has 21 heavy (non-hydrogen) atoms. The second kappa shape index (κ2) is 5.52. The van der Waals surface area contributed by atoms with Crippen LogP contribution in [-0.4, -0.2) is 28.0 Å². The highest BCUT2D eigenvalue weighted by atomic mass is 79.9. The van der Waals surface area contributed by atoms with Crippen molar-refractivity contribution in [1.29, 1.82) is 0 Å². The quantitative estimate of drug-likeness (QED) is 0.775. The van der Waals surface area contributed by atoms with Gasteiger partial charge in [-0.3, -0.25) is 4.79 Å². The fourth-order valence-corrected chi connectivity index (χ4v) is 2.75. The molecule has 1 aliphatic carbocycles. The van der Waals surface area contributed by atoms with E-state index in [0.29, 0.717) is 18.0 Å². The molecule has 0 radical (unpaired) electrons. The Bertz CT molecular complexity index is 706. The molecule has 1 fully saturated rings. The minimum atomic E-state index is -0.978. The number of carboxylic acids is 1. The number of hydrogen-bond acceptors (Lipinski definition) is 2. The number of aromatic amines is 1. The summed E-state index contributed by atoms with van der Waals surface area (Å²) in [6, 6.07) is 6.57. The van der Waals surface area contributed by atoms with Gasteiger partial charge in [0.15, 0.2) is 0 Å². The molecule has 1 aromatic heterocycles. The number of amides is 1. The fraction of sp³-hybridized carbons (Fsp3) is 0.333. The van der Waals surface area contributed by atoms with E-state index in [9.17, 15) is 14.7 Å². The van der Waals surface area contributed by atoms with Crippen molar-refractivity contribution in [3.05, 3.63) is 34.4 Å². The molecule has 1 saturated carbocycles. The summed E-state index contributed by atoms with van der Waals surface area (Å²) in [6.07, 6.45) is 2.62. The van der Waals surface area contributed by atoms with E-state index < -0.39 is 12.0 Å². The lowest BCUT2D eigenvalue weighted by Gasteiger charge is -2.13. The van der Waals surface area contributed by atoms with Gasteiger partial charge in [-0.2, -0.15) is 0 Å². The Labute approximate surface area is 129 Å². The van der Waals surface area contributed by atoms with Crippen LogP contribution < -0.4 is 5.32 Å². The van der Waals surface area contributed by atoms with Crippen LogP contribution in [0.15, 0.2) is 28.7 Å². The van der Waals surface area contributed by atoms with Crippen molar-refractivity contribution in [1.82, 2.24) is 10.3 Å². The molecule has 0 saturated heterocycles. The minimum absolute atomic E-state index is 0.379. The first-order chi connectivity index (χ1) is 10.0. The molecule has 2 aromatic rings. The van der Waals surface area contributed by atoms with Crippen LogP contribution in [-0.2, 0) is 4.79 Å². The summed E-state index contributed by atoms with van der Waals surface area (Å²) in [7, 11) is 0. The number of carboxylic acid groups (broad SMARTS) is 1. The van der Waals surface area contributed by atoms with E-state index in [0.717, 1.165) is 28.2 Å². The molecule has 6 heteroatoms. The summed E-state index contributed by atoms with van der Waals surface area (Å²) in [5.41, 5.74) is 1.22. The monoisotopic (exact) mass is 350 g/mol. The highest BCUT2D eigenvalue weighted by Crippen LogP contribution is 2.33. The van der Waals surface area contributed by atoms with Gasteiger partial charge >= 0.3 is 5.97 Å². The lowest BCUT2D eigenvalue weighted by atomic mass is 10.1. The normalized spacial score (nSPS) is 15.9. The predicted octanol–water partition coefficient (Wildman–Crippen LogP) is 2.91. The average Bonchev–Trinajstić information content (AvgIpc) is 3.14. The van der Waals surface area contributed by atoms with Gasteiger partial charge in [0, 0.05) is 15.4 Å². The van der Waals surface area contributed by atoms with E-state index in [1.54, 1.807) is 6.07 Å². The van der Waals surface area contributed by atoms with Gasteiger partial charge in [-0.1, -0.05) is 28.8 Å². The topological polar surface area (TPSA) is 82.2 Å². The zero-order valence-corrected chi connectivity index (χ0v) is 12.8. The molecule has 3 N–H and O–H groups in total. The summed E-state index contributed by atoms with van der Waals surface area (Å²) in [4.78, 5) is 26.4. The maximum atomic E-state index is 12.2. The highest BCUT2D eigenvalue weighted by Gasteiger charge is 2.30. The Balaban J connectivity index is 1.77. The van der Waals surface area contributed by atoms with Gasteiger partial charge in [-0.15, -0.1) is 0 Å². The second-order valence-corrected chi connectivity index (χ2v) is 6.37. The first kappa shape index (κ1) is 14.1. The zero-order valence-electron chi connectivity index (χ0n) is 11.2. The molecule has 1 atom stereocenters. The predicted molar refractivity (Wildman–Crippen MR) is 82.2 cm³/mol. The van der Waals surface area contributed by atoms with E-state index >= 15 is 0 Å². The zero-order chi connectivity index (χ0) is 15.0. The van der Waals surface area contributed by atoms with Crippen molar-refractivity contribution in [2.24, 2.45) is 5.92 Å². The number of rotatable bonds is 5. The summed E-state index contributed by atoms with van der Waals surface area (Å²) in [5.74, 6) is -0.922. The molecule has 1 amide bonds.